The molecule has 1 aliphatic heterocycles. The van der Waals surface area contributed by atoms with Crippen LogP contribution in [0.25, 0.3) is 11.0 Å². The fraction of sp³-hybridized carbons (Fsp3) is 0.250. The third-order valence-corrected chi connectivity index (χ3v) is 6.22. The Morgan fingerprint density at radius 3 is 2.74 bits per heavy atom. The fourth-order valence-corrected chi connectivity index (χ4v) is 4.27. The molecular formula is C20H18Cl2N6O2S. The van der Waals surface area contributed by atoms with Crippen molar-refractivity contribution in [1.29, 1.82) is 0 Å². The van der Waals surface area contributed by atoms with E-state index in [9.17, 15) is 9.59 Å². The third kappa shape index (κ3) is 4.08. The van der Waals surface area contributed by atoms with Gasteiger partial charge in [0.05, 0.1) is 27.2 Å². The van der Waals surface area contributed by atoms with Crippen molar-refractivity contribution in [1.82, 2.24) is 24.8 Å². The minimum absolute atomic E-state index is 0.0102. The molecule has 0 radical (unpaired) electrons. The van der Waals surface area contributed by atoms with Gasteiger partial charge in [-0.25, -0.2) is 4.98 Å². The zero-order chi connectivity index (χ0) is 22.1. The molecule has 1 saturated heterocycles. The zero-order valence-electron chi connectivity index (χ0n) is 16.4. The summed E-state index contributed by atoms with van der Waals surface area (Å²) in [6.45, 7) is 1.39. The van der Waals surface area contributed by atoms with Crippen LogP contribution < -0.4 is 16.1 Å². The first kappa shape index (κ1) is 21.5. The van der Waals surface area contributed by atoms with E-state index in [2.05, 4.69) is 20.6 Å². The van der Waals surface area contributed by atoms with E-state index < -0.39 is 11.3 Å². The first-order valence-electron chi connectivity index (χ1n) is 9.47. The van der Waals surface area contributed by atoms with Crippen molar-refractivity contribution in [3.8, 4) is 0 Å². The van der Waals surface area contributed by atoms with E-state index in [-0.39, 0.29) is 27.3 Å². The van der Waals surface area contributed by atoms with E-state index >= 15 is 0 Å². The van der Waals surface area contributed by atoms with Crippen LogP contribution in [0.3, 0.4) is 0 Å². The highest BCUT2D eigenvalue weighted by Gasteiger charge is 2.28. The van der Waals surface area contributed by atoms with Crippen LogP contribution in [0.1, 0.15) is 22.8 Å². The molecular weight excluding hydrogens is 459 g/mol. The van der Waals surface area contributed by atoms with Crippen LogP contribution in [0.5, 0.6) is 0 Å². The quantitative estimate of drug-likeness (QED) is 0.561. The van der Waals surface area contributed by atoms with Crippen LogP contribution in [-0.2, 0) is 0 Å². The molecule has 4 heterocycles. The van der Waals surface area contributed by atoms with Crippen molar-refractivity contribution in [3.63, 3.8) is 0 Å². The third-order valence-electron chi connectivity index (χ3n) is 5.18. The van der Waals surface area contributed by atoms with Gasteiger partial charge in [0.15, 0.2) is 5.11 Å². The van der Waals surface area contributed by atoms with Gasteiger partial charge in [0.2, 0.25) is 5.43 Å². The van der Waals surface area contributed by atoms with E-state index in [1.54, 1.807) is 31.6 Å². The minimum atomic E-state index is -0.611. The molecule has 1 atom stereocenters. The van der Waals surface area contributed by atoms with E-state index in [4.69, 9.17) is 35.4 Å². The number of pyridine rings is 3. The molecule has 0 aromatic carbocycles. The lowest BCUT2D eigenvalue weighted by molar-refractivity contribution is 0.102. The summed E-state index contributed by atoms with van der Waals surface area (Å²) in [5, 5.41) is 6.98. The molecule has 3 aromatic rings. The number of anilines is 1. The molecule has 160 valence electrons. The second kappa shape index (κ2) is 8.78. The van der Waals surface area contributed by atoms with Crippen molar-refractivity contribution in [2.75, 3.05) is 25.5 Å². The summed E-state index contributed by atoms with van der Waals surface area (Å²) in [6, 6.07) is 3.32. The van der Waals surface area contributed by atoms with Gasteiger partial charge in [0.25, 0.3) is 5.91 Å². The molecule has 11 heteroatoms. The maximum Gasteiger partial charge on any atom is 0.261 e. The van der Waals surface area contributed by atoms with Crippen molar-refractivity contribution in [2.24, 2.45) is 0 Å². The summed E-state index contributed by atoms with van der Waals surface area (Å²) in [5.41, 5.74) is 0.274. The molecule has 1 unspecified atom stereocenters. The molecule has 0 spiro atoms. The SMILES string of the molecule is CNC(=S)N1CCC(n2cc(C(=O)Nc3c(Cl)cncc3Cl)c(=O)c3cccnc32)C1. The number of carbonyl (C=O) groups is 1. The standard InChI is InChI=1S/C20H18Cl2N6O2S/c1-23-20(31)27-6-4-11(9-27)28-10-13(17(29)12-3-2-5-25-18(12)28)19(30)26-16-14(21)7-24-8-15(16)22/h2-3,5,7-8,10-11H,4,6,9H2,1H3,(H,23,31)(H,24,26,30). The van der Waals surface area contributed by atoms with E-state index in [0.717, 1.165) is 13.0 Å². The second-order valence-electron chi connectivity index (χ2n) is 7.03. The number of carbonyl (C=O) groups excluding carboxylic acids is 1. The lowest BCUT2D eigenvalue weighted by Gasteiger charge is -2.21. The van der Waals surface area contributed by atoms with Gasteiger partial charge in [-0.2, -0.15) is 0 Å². The molecule has 1 fully saturated rings. The first-order chi connectivity index (χ1) is 14.9. The smallest absolute Gasteiger partial charge is 0.261 e. The Labute approximate surface area is 193 Å². The molecule has 4 rings (SSSR count). The number of aromatic nitrogens is 3. The predicted molar refractivity (Wildman–Crippen MR) is 125 cm³/mol. The average Bonchev–Trinajstić information content (AvgIpc) is 3.26. The highest BCUT2D eigenvalue weighted by molar-refractivity contribution is 7.80. The lowest BCUT2D eigenvalue weighted by atomic mass is 10.1. The van der Waals surface area contributed by atoms with Gasteiger partial charge >= 0.3 is 0 Å². The average molecular weight is 477 g/mol. The summed E-state index contributed by atoms with van der Waals surface area (Å²) in [7, 11) is 1.78. The molecule has 8 nitrogen and oxygen atoms in total. The van der Waals surface area contributed by atoms with Crippen molar-refractivity contribution in [2.45, 2.75) is 12.5 Å². The number of nitrogens with zero attached hydrogens (tertiary/aromatic N) is 4. The number of rotatable bonds is 3. The van der Waals surface area contributed by atoms with Crippen molar-refractivity contribution < 1.29 is 4.79 Å². The fourth-order valence-electron chi connectivity index (χ4n) is 3.65. The van der Waals surface area contributed by atoms with E-state index in [1.807, 2.05) is 9.47 Å². The van der Waals surface area contributed by atoms with Crippen molar-refractivity contribution >= 4 is 63.2 Å². The van der Waals surface area contributed by atoms with Gasteiger partial charge < -0.3 is 20.1 Å². The summed E-state index contributed by atoms with van der Waals surface area (Å²) >= 11 is 17.6. The molecule has 0 saturated carbocycles. The maximum absolute atomic E-state index is 13.1. The minimum Gasteiger partial charge on any atom is -0.366 e. The summed E-state index contributed by atoms with van der Waals surface area (Å²) in [5.74, 6) is -0.611. The van der Waals surface area contributed by atoms with Crippen LogP contribution in [0.15, 0.2) is 41.7 Å². The van der Waals surface area contributed by atoms with Gasteiger partial charge in [-0.3, -0.25) is 14.6 Å². The van der Waals surface area contributed by atoms with Crippen LogP contribution in [0.2, 0.25) is 10.0 Å². The Bertz CT molecular complexity index is 1230. The Kier molecular flexibility index (Phi) is 6.08. The number of halogens is 2. The van der Waals surface area contributed by atoms with Gasteiger partial charge in [-0.05, 0) is 30.8 Å². The molecule has 3 aromatic heterocycles. The highest BCUT2D eigenvalue weighted by Crippen LogP contribution is 2.29. The first-order valence-corrected chi connectivity index (χ1v) is 10.6. The molecule has 0 aliphatic carbocycles. The molecule has 1 aliphatic rings. The van der Waals surface area contributed by atoms with Gasteiger partial charge in [0.1, 0.15) is 11.2 Å². The van der Waals surface area contributed by atoms with Gasteiger partial charge in [-0.1, -0.05) is 23.2 Å². The second-order valence-corrected chi connectivity index (χ2v) is 8.23. The monoisotopic (exact) mass is 476 g/mol. The lowest BCUT2D eigenvalue weighted by Crippen LogP contribution is -2.36. The van der Waals surface area contributed by atoms with Crippen LogP contribution in [0.4, 0.5) is 5.69 Å². The Morgan fingerprint density at radius 1 is 1.29 bits per heavy atom. The number of thiocarbonyl (C=S) groups is 1. The highest BCUT2D eigenvalue weighted by atomic mass is 35.5. The summed E-state index contributed by atoms with van der Waals surface area (Å²) < 4.78 is 1.87. The van der Waals surface area contributed by atoms with Crippen molar-refractivity contribution in [3.05, 3.63) is 62.8 Å². The van der Waals surface area contributed by atoms with Gasteiger partial charge in [-0.15, -0.1) is 0 Å². The molecule has 2 N–H and O–H groups in total. The van der Waals surface area contributed by atoms with E-state index in [0.29, 0.717) is 22.7 Å². The van der Waals surface area contributed by atoms with Gasteiger partial charge in [0, 0.05) is 44.9 Å². The number of hydrogen-bond acceptors (Lipinski definition) is 5. The Balaban J connectivity index is 1.77. The molecule has 31 heavy (non-hydrogen) atoms. The van der Waals surface area contributed by atoms with E-state index in [1.165, 1.54) is 12.4 Å². The number of fused-ring (bicyclic) bond motifs is 1. The predicted octanol–water partition coefficient (Wildman–Crippen LogP) is 3.10. The largest absolute Gasteiger partial charge is 0.366 e. The Morgan fingerprint density at radius 2 is 2.03 bits per heavy atom. The molecule has 1 amide bonds. The molecule has 0 bridgehead atoms. The Hall–Kier alpha value is -2.75. The maximum atomic E-state index is 13.1. The normalized spacial score (nSPS) is 15.8. The summed E-state index contributed by atoms with van der Waals surface area (Å²) in [4.78, 5) is 36.4. The topological polar surface area (TPSA) is 92.1 Å². The zero-order valence-corrected chi connectivity index (χ0v) is 18.8. The number of likely N-dealkylation sites (tertiary alicyclic amines) is 1. The van der Waals surface area contributed by atoms with Crippen LogP contribution in [0, 0.1) is 0 Å². The number of hydrogen-bond donors (Lipinski definition) is 2. The number of amides is 1. The number of nitrogens with one attached hydrogen (secondary N) is 2. The summed E-state index contributed by atoms with van der Waals surface area (Å²) in [6.07, 6.45) is 6.69. The van der Waals surface area contributed by atoms with Crippen LogP contribution in [-0.4, -0.2) is 50.6 Å². The van der Waals surface area contributed by atoms with Crippen LogP contribution >= 0.6 is 35.4 Å².